The Labute approximate surface area is 168 Å². The second kappa shape index (κ2) is 7.28. The van der Waals surface area contributed by atoms with Crippen molar-refractivity contribution in [3.63, 3.8) is 0 Å². The average molecular weight is 394 g/mol. The number of ether oxygens (including phenoxy) is 1. The molecule has 2 aromatic carbocycles. The molecule has 6 heteroatoms. The Kier molecular flexibility index (Phi) is 4.81. The van der Waals surface area contributed by atoms with Gasteiger partial charge in [-0.2, -0.15) is 4.98 Å². The van der Waals surface area contributed by atoms with Crippen molar-refractivity contribution in [3.8, 4) is 17.0 Å². The van der Waals surface area contributed by atoms with Crippen LogP contribution in [-0.4, -0.2) is 17.1 Å². The van der Waals surface area contributed by atoms with Gasteiger partial charge in [0.25, 0.3) is 0 Å². The summed E-state index contributed by atoms with van der Waals surface area (Å²) in [5.74, 6) is 1.33. The number of hydrogen-bond acceptors (Lipinski definition) is 6. The lowest BCUT2D eigenvalue weighted by molar-refractivity contribution is 0.412. The highest BCUT2D eigenvalue weighted by Crippen LogP contribution is 2.34. The van der Waals surface area contributed by atoms with E-state index >= 15 is 0 Å². The van der Waals surface area contributed by atoms with E-state index < -0.39 is 0 Å². The van der Waals surface area contributed by atoms with Gasteiger partial charge >= 0.3 is 6.01 Å². The summed E-state index contributed by atoms with van der Waals surface area (Å²) in [6.45, 7) is 8.44. The number of rotatable bonds is 5. The summed E-state index contributed by atoms with van der Waals surface area (Å²) in [5.41, 5.74) is 5.98. The van der Waals surface area contributed by atoms with E-state index in [0.717, 1.165) is 43.7 Å². The molecule has 0 fully saturated rings. The fraction of sp³-hybridized carbons (Fsp3) is 0.273. The van der Waals surface area contributed by atoms with E-state index in [0.29, 0.717) is 11.9 Å². The van der Waals surface area contributed by atoms with E-state index in [-0.39, 0.29) is 0 Å². The van der Waals surface area contributed by atoms with Crippen molar-refractivity contribution in [2.45, 2.75) is 33.6 Å². The molecule has 4 aromatic rings. The summed E-state index contributed by atoms with van der Waals surface area (Å²) < 4.78 is 11.2. The monoisotopic (exact) mass is 393 g/mol. The van der Waals surface area contributed by atoms with Crippen molar-refractivity contribution >= 4 is 33.6 Å². The number of fused-ring (bicyclic) bond motifs is 1. The zero-order valence-corrected chi connectivity index (χ0v) is 17.5. The third-order valence-corrected chi connectivity index (χ3v) is 5.64. The minimum atomic E-state index is 0.453. The minimum Gasteiger partial charge on any atom is -0.496 e. The molecule has 4 rings (SSSR count). The summed E-state index contributed by atoms with van der Waals surface area (Å²) >= 11 is 1.58. The first-order valence-corrected chi connectivity index (χ1v) is 10.1. The lowest BCUT2D eigenvalue weighted by Gasteiger charge is -2.06. The second-order valence-corrected chi connectivity index (χ2v) is 8.34. The van der Waals surface area contributed by atoms with Crippen molar-refractivity contribution in [1.29, 1.82) is 0 Å². The number of hydrogen-bond donors (Lipinski definition) is 1. The third kappa shape index (κ3) is 3.47. The van der Waals surface area contributed by atoms with Crippen molar-refractivity contribution in [1.82, 2.24) is 9.97 Å². The highest BCUT2D eigenvalue weighted by molar-refractivity contribution is 7.16. The fourth-order valence-electron chi connectivity index (χ4n) is 3.19. The number of methoxy groups -OCH3 is 1. The molecule has 0 aliphatic heterocycles. The number of nitrogens with one attached hydrogen (secondary N) is 1. The summed E-state index contributed by atoms with van der Waals surface area (Å²) in [4.78, 5) is 10.5. The number of benzene rings is 2. The van der Waals surface area contributed by atoms with E-state index in [2.05, 4.69) is 49.3 Å². The molecule has 0 saturated carbocycles. The first-order valence-electron chi connectivity index (χ1n) is 9.24. The molecule has 144 valence electrons. The molecule has 1 N–H and O–H groups in total. The molecular formula is C22H23N3O2S. The molecule has 2 heterocycles. The van der Waals surface area contributed by atoms with Crippen molar-refractivity contribution in [2.75, 3.05) is 12.4 Å². The van der Waals surface area contributed by atoms with Crippen molar-refractivity contribution < 1.29 is 9.15 Å². The lowest BCUT2D eigenvalue weighted by atomic mass is 10.0. The fourth-order valence-corrected chi connectivity index (χ4v) is 4.02. The smallest absolute Gasteiger partial charge is 0.302 e. The molecule has 0 radical (unpaired) electrons. The Bertz CT molecular complexity index is 1140. The Morgan fingerprint density at radius 3 is 2.61 bits per heavy atom. The van der Waals surface area contributed by atoms with Crippen LogP contribution in [0.3, 0.4) is 0 Å². The van der Waals surface area contributed by atoms with Gasteiger partial charge in [0.15, 0.2) is 10.7 Å². The Morgan fingerprint density at radius 1 is 1.07 bits per heavy atom. The number of anilines is 2. The summed E-state index contributed by atoms with van der Waals surface area (Å²) in [6.07, 6.45) is 0. The zero-order valence-electron chi connectivity index (χ0n) is 16.7. The highest BCUT2D eigenvalue weighted by Gasteiger charge is 2.14. The number of aryl methyl sites for hydroxylation is 2. The number of nitrogens with zero attached hydrogens (tertiary/aromatic N) is 2. The van der Waals surface area contributed by atoms with Crippen LogP contribution in [-0.2, 0) is 0 Å². The maximum Gasteiger partial charge on any atom is 0.302 e. The van der Waals surface area contributed by atoms with Crippen LogP contribution in [0.5, 0.6) is 5.75 Å². The first-order chi connectivity index (χ1) is 13.4. The van der Waals surface area contributed by atoms with Crippen LogP contribution < -0.4 is 10.1 Å². The average Bonchev–Trinajstić information content (AvgIpc) is 3.23. The van der Waals surface area contributed by atoms with E-state index in [1.807, 2.05) is 25.1 Å². The summed E-state index contributed by atoms with van der Waals surface area (Å²) in [7, 11) is 1.68. The molecule has 0 bridgehead atoms. The van der Waals surface area contributed by atoms with Gasteiger partial charge in [0.2, 0.25) is 0 Å². The van der Waals surface area contributed by atoms with Crippen LogP contribution in [0.25, 0.3) is 22.4 Å². The number of thiazole rings is 1. The van der Waals surface area contributed by atoms with E-state index in [1.165, 1.54) is 5.56 Å². The van der Waals surface area contributed by atoms with E-state index in [9.17, 15) is 0 Å². The first kappa shape index (κ1) is 18.5. The van der Waals surface area contributed by atoms with Crippen LogP contribution >= 0.6 is 11.3 Å². The molecule has 0 spiro atoms. The lowest BCUT2D eigenvalue weighted by Crippen LogP contribution is -1.91. The van der Waals surface area contributed by atoms with Gasteiger partial charge < -0.3 is 9.15 Å². The number of oxazole rings is 1. The standard InChI is InChI=1S/C22H23N3O2S/c1-12(2)15-6-9-19-17(11-15)23-21(27-19)25-22-24-20(14(4)28-22)16-7-8-18(26-5)13(3)10-16/h6-12H,1-5H3,(H,23,24,25). The van der Waals surface area contributed by atoms with Gasteiger partial charge in [-0.25, -0.2) is 4.98 Å². The van der Waals surface area contributed by atoms with Crippen LogP contribution in [0.2, 0.25) is 0 Å². The molecule has 0 atom stereocenters. The Hall–Kier alpha value is -2.86. The molecule has 0 saturated heterocycles. The molecule has 0 aliphatic rings. The second-order valence-electron chi connectivity index (χ2n) is 7.13. The van der Waals surface area contributed by atoms with Gasteiger partial charge in [0, 0.05) is 10.4 Å². The molecule has 0 aliphatic carbocycles. The Morgan fingerprint density at radius 2 is 1.89 bits per heavy atom. The molecule has 28 heavy (non-hydrogen) atoms. The molecule has 2 aromatic heterocycles. The topological polar surface area (TPSA) is 60.2 Å². The largest absolute Gasteiger partial charge is 0.496 e. The Balaban J connectivity index is 1.62. The minimum absolute atomic E-state index is 0.453. The van der Waals surface area contributed by atoms with Crippen molar-refractivity contribution in [3.05, 3.63) is 52.4 Å². The van der Waals surface area contributed by atoms with Crippen LogP contribution in [0.4, 0.5) is 11.1 Å². The van der Waals surface area contributed by atoms with Gasteiger partial charge in [0.05, 0.1) is 12.8 Å². The predicted molar refractivity (Wildman–Crippen MR) is 115 cm³/mol. The van der Waals surface area contributed by atoms with Crippen molar-refractivity contribution in [2.24, 2.45) is 0 Å². The summed E-state index contributed by atoms with van der Waals surface area (Å²) in [6, 6.07) is 12.7. The SMILES string of the molecule is COc1ccc(-c2nc(Nc3nc4cc(C(C)C)ccc4o3)sc2C)cc1C. The maximum atomic E-state index is 5.84. The number of aromatic nitrogens is 2. The van der Waals surface area contributed by atoms with E-state index in [1.54, 1.807) is 18.4 Å². The normalized spacial score (nSPS) is 11.4. The molecule has 0 amide bonds. The van der Waals surface area contributed by atoms with Gasteiger partial charge in [-0.05, 0) is 61.2 Å². The van der Waals surface area contributed by atoms with E-state index in [4.69, 9.17) is 14.1 Å². The predicted octanol–water partition coefficient (Wildman–Crippen LogP) is 6.44. The third-order valence-electron chi connectivity index (χ3n) is 4.76. The maximum absolute atomic E-state index is 5.84. The molecular weight excluding hydrogens is 370 g/mol. The van der Waals surface area contributed by atoms with Crippen LogP contribution in [0.1, 0.15) is 35.8 Å². The summed E-state index contributed by atoms with van der Waals surface area (Å²) in [5, 5.41) is 3.98. The van der Waals surface area contributed by atoms with Crippen LogP contribution in [0.15, 0.2) is 40.8 Å². The highest BCUT2D eigenvalue weighted by atomic mass is 32.1. The molecule has 0 unspecified atom stereocenters. The molecule has 5 nitrogen and oxygen atoms in total. The van der Waals surface area contributed by atoms with Gasteiger partial charge in [-0.1, -0.05) is 19.9 Å². The van der Waals surface area contributed by atoms with Gasteiger partial charge in [-0.3, -0.25) is 5.32 Å². The van der Waals surface area contributed by atoms with Gasteiger partial charge in [0.1, 0.15) is 11.3 Å². The zero-order chi connectivity index (χ0) is 19.8. The van der Waals surface area contributed by atoms with Gasteiger partial charge in [-0.15, -0.1) is 11.3 Å². The van der Waals surface area contributed by atoms with Crippen LogP contribution in [0, 0.1) is 13.8 Å². The quantitative estimate of drug-likeness (QED) is 0.422.